The molecule has 6 nitrogen and oxygen atoms in total. The molecule has 1 amide bonds. The number of likely N-dealkylation sites (tertiary alicyclic amines) is 1. The van der Waals surface area contributed by atoms with Crippen LogP contribution in [0.1, 0.15) is 24.8 Å². The van der Waals surface area contributed by atoms with Gasteiger partial charge >= 0.3 is 0 Å². The SMILES string of the molecule is COc1ccc(F)c(CN2CCCC(O)(CNCCCN)C2=O)c1. The van der Waals surface area contributed by atoms with Gasteiger partial charge in [-0.3, -0.25) is 4.79 Å². The van der Waals surface area contributed by atoms with E-state index in [-0.39, 0.29) is 19.0 Å². The summed E-state index contributed by atoms with van der Waals surface area (Å²) in [6.45, 7) is 2.01. The molecular weight excluding hydrogens is 313 g/mol. The molecule has 0 aromatic heterocycles. The highest BCUT2D eigenvalue weighted by Gasteiger charge is 2.41. The maximum Gasteiger partial charge on any atom is 0.256 e. The van der Waals surface area contributed by atoms with Crippen LogP contribution >= 0.6 is 0 Å². The van der Waals surface area contributed by atoms with Crippen LogP contribution < -0.4 is 15.8 Å². The van der Waals surface area contributed by atoms with Gasteiger partial charge < -0.3 is 25.8 Å². The van der Waals surface area contributed by atoms with Crippen molar-refractivity contribution < 1.29 is 19.0 Å². The Labute approximate surface area is 141 Å². The number of amides is 1. The van der Waals surface area contributed by atoms with E-state index in [0.717, 1.165) is 6.42 Å². The molecule has 1 aliphatic rings. The summed E-state index contributed by atoms with van der Waals surface area (Å²) in [7, 11) is 1.51. The average molecular weight is 339 g/mol. The van der Waals surface area contributed by atoms with Crippen LogP contribution in [-0.2, 0) is 11.3 Å². The molecule has 1 atom stereocenters. The number of benzene rings is 1. The number of ether oxygens (including phenoxy) is 1. The lowest BCUT2D eigenvalue weighted by atomic mass is 9.91. The maximum atomic E-state index is 14.0. The topological polar surface area (TPSA) is 87.8 Å². The number of piperidine rings is 1. The predicted molar refractivity (Wildman–Crippen MR) is 89.1 cm³/mol. The molecule has 0 bridgehead atoms. The molecule has 7 heteroatoms. The minimum atomic E-state index is -1.44. The van der Waals surface area contributed by atoms with Crippen molar-refractivity contribution in [1.29, 1.82) is 0 Å². The normalized spacial score (nSPS) is 21.2. The lowest BCUT2D eigenvalue weighted by Crippen LogP contribution is -2.57. The molecule has 1 fully saturated rings. The fraction of sp³-hybridized carbons (Fsp3) is 0.588. The van der Waals surface area contributed by atoms with Gasteiger partial charge in [-0.25, -0.2) is 4.39 Å². The van der Waals surface area contributed by atoms with Gasteiger partial charge in [0.1, 0.15) is 11.6 Å². The zero-order chi connectivity index (χ0) is 17.6. The Kier molecular flexibility index (Phi) is 6.53. The quantitative estimate of drug-likeness (QED) is 0.605. The molecule has 1 unspecified atom stereocenters. The van der Waals surface area contributed by atoms with Crippen molar-refractivity contribution in [2.75, 3.05) is 33.3 Å². The van der Waals surface area contributed by atoms with Crippen LogP contribution in [0.2, 0.25) is 0 Å². The van der Waals surface area contributed by atoms with Crippen molar-refractivity contribution in [1.82, 2.24) is 10.2 Å². The molecule has 4 N–H and O–H groups in total. The number of nitrogens with one attached hydrogen (secondary N) is 1. The van der Waals surface area contributed by atoms with Crippen molar-refractivity contribution in [2.24, 2.45) is 5.73 Å². The van der Waals surface area contributed by atoms with Gasteiger partial charge in [0, 0.05) is 25.2 Å². The van der Waals surface area contributed by atoms with Gasteiger partial charge in [-0.2, -0.15) is 0 Å². The Bertz CT molecular complexity index is 570. The first-order chi connectivity index (χ1) is 11.5. The minimum absolute atomic E-state index is 0.118. The number of methoxy groups -OCH3 is 1. The molecule has 24 heavy (non-hydrogen) atoms. The van der Waals surface area contributed by atoms with E-state index in [4.69, 9.17) is 10.5 Å². The van der Waals surface area contributed by atoms with Crippen LogP contribution in [0.25, 0.3) is 0 Å². The molecule has 0 saturated carbocycles. The Morgan fingerprint density at radius 1 is 1.50 bits per heavy atom. The van der Waals surface area contributed by atoms with E-state index in [1.54, 1.807) is 6.07 Å². The Balaban J connectivity index is 2.04. The number of rotatable bonds is 8. The highest BCUT2D eigenvalue weighted by atomic mass is 19.1. The van der Waals surface area contributed by atoms with Gasteiger partial charge in [0.25, 0.3) is 5.91 Å². The number of carbonyl (C=O) groups excluding carboxylic acids is 1. The molecular formula is C17H26FN3O3. The summed E-state index contributed by atoms with van der Waals surface area (Å²) in [5.74, 6) is -0.218. The van der Waals surface area contributed by atoms with Gasteiger partial charge in [-0.15, -0.1) is 0 Å². The van der Waals surface area contributed by atoms with Crippen molar-refractivity contribution in [3.63, 3.8) is 0 Å². The zero-order valence-corrected chi connectivity index (χ0v) is 14.1. The van der Waals surface area contributed by atoms with Crippen molar-refractivity contribution in [2.45, 2.75) is 31.4 Å². The molecule has 134 valence electrons. The highest BCUT2D eigenvalue weighted by molar-refractivity contribution is 5.86. The second kappa shape index (κ2) is 8.41. The Morgan fingerprint density at radius 3 is 3.00 bits per heavy atom. The second-order valence-corrected chi connectivity index (χ2v) is 6.14. The fourth-order valence-corrected chi connectivity index (χ4v) is 2.91. The van der Waals surface area contributed by atoms with Crippen molar-refractivity contribution >= 4 is 5.91 Å². The summed E-state index contributed by atoms with van der Waals surface area (Å²) in [5.41, 5.74) is 4.37. The molecule has 1 aromatic rings. The number of nitrogens with zero attached hydrogens (tertiary/aromatic N) is 1. The summed E-state index contributed by atoms with van der Waals surface area (Å²) >= 11 is 0. The number of carbonyl (C=O) groups is 1. The van der Waals surface area contributed by atoms with E-state index in [1.165, 1.54) is 24.1 Å². The lowest BCUT2D eigenvalue weighted by molar-refractivity contribution is -0.157. The summed E-state index contributed by atoms with van der Waals surface area (Å²) in [4.78, 5) is 14.1. The first kappa shape index (κ1) is 18.6. The van der Waals surface area contributed by atoms with Crippen LogP contribution in [0.5, 0.6) is 5.75 Å². The monoisotopic (exact) mass is 339 g/mol. The van der Waals surface area contributed by atoms with E-state index in [2.05, 4.69) is 5.32 Å². The van der Waals surface area contributed by atoms with E-state index in [9.17, 15) is 14.3 Å². The van der Waals surface area contributed by atoms with Gasteiger partial charge in [-0.05, 0) is 50.6 Å². The minimum Gasteiger partial charge on any atom is -0.497 e. The van der Waals surface area contributed by atoms with E-state index >= 15 is 0 Å². The van der Waals surface area contributed by atoms with Crippen LogP contribution in [-0.4, -0.2) is 54.8 Å². The molecule has 1 aromatic carbocycles. The van der Waals surface area contributed by atoms with Crippen LogP contribution in [0, 0.1) is 5.82 Å². The van der Waals surface area contributed by atoms with Gasteiger partial charge in [0.15, 0.2) is 5.60 Å². The fourth-order valence-electron chi connectivity index (χ4n) is 2.91. The lowest BCUT2D eigenvalue weighted by Gasteiger charge is -2.38. The van der Waals surface area contributed by atoms with E-state index in [1.807, 2.05) is 0 Å². The van der Waals surface area contributed by atoms with Crippen LogP contribution in [0.3, 0.4) is 0 Å². The average Bonchev–Trinajstić information content (AvgIpc) is 2.58. The van der Waals surface area contributed by atoms with Gasteiger partial charge in [0.05, 0.1) is 7.11 Å². The molecule has 0 aliphatic carbocycles. The standard InChI is InChI=1S/C17H26FN3O3/c1-24-14-4-5-15(18)13(10-14)11-21-9-2-6-17(23,16(21)22)12-20-8-3-7-19/h4-5,10,20,23H,2-3,6-9,11-12,19H2,1H3. The zero-order valence-electron chi connectivity index (χ0n) is 14.1. The third-order valence-corrected chi connectivity index (χ3v) is 4.29. The summed E-state index contributed by atoms with van der Waals surface area (Å²) in [6.07, 6.45) is 1.86. The number of nitrogens with two attached hydrogens (primary N) is 1. The van der Waals surface area contributed by atoms with Crippen LogP contribution in [0.4, 0.5) is 4.39 Å². The van der Waals surface area contributed by atoms with Crippen LogP contribution in [0.15, 0.2) is 18.2 Å². The highest BCUT2D eigenvalue weighted by Crippen LogP contribution is 2.25. The summed E-state index contributed by atoms with van der Waals surface area (Å²) in [6, 6.07) is 4.44. The number of halogens is 1. The third kappa shape index (κ3) is 4.43. The molecule has 1 saturated heterocycles. The molecule has 1 heterocycles. The number of hydrogen-bond donors (Lipinski definition) is 3. The second-order valence-electron chi connectivity index (χ2n) is 6.14. The summed E-state index contributed by atoms with van der Waals surface area (Å²) in [5, 5.41) is 13.7. The smallest absolute Gasteiger partial charge is 0.256 e. The largest absolute Gasteiger partial charge is 0.497 e. The first-order valence-electron chi connectivity index (χ1n) is 8.25. The number of aliphatic hydroxyl groups is 1. The molecule has 0 spiro atoms. The van der Waals surface area contributed by atoms with Gasteiger partial charge in [-0.1, -0.05) is 0 Å². The van der Waals surface area contributed by atoms with E-state index < -0.39 is 11.4 Å². The third-order valence-electron chi connectivity index (χ3n) is 4.29. The van der Waals surface area contributed by atoms with Crippen molar-refractivity contribution in [3.05, 3.63) is 29.6 Å². The van der Waals surface area contributed by atoms with Crippen molar-refractivity contribution in [3.8, 4) is 5.75 Å². The summed E-state index contributed by atoms with van der Waals surface area (Å²) < 4.78 is 19.1. The molecule has 2 rings (SSSR count). The maximum absolute atomic E-state index is 14.0. The molecule has 1 aliphatic heterocycles. The van der Waals surface area contributed by atoms with Gasteiger partial charge in [0.2, 0.25) is 0 Å². The first-order valence-corrected chi connectivity index (χ1v) is 8.25. The molecule has 0 radical (unpaired) electrons. The Morgan fingerprint density at radius 2 is 2.29 bits per heavy atom. The number of hydrogen-bond acceptors (Lipinski definition) is 5. The Hall–Kier alpha value is -1.70. The van der Waals surface area contributed by atoms with E-state index in [0.29, 0.717) is 43.8 Å². The predicted octanol–water partition coefficient (Wildman–Crippen LogP) is 0.626.